The van der Waals surface area contributed by atoms with Crippen LogP contribution in [0.5, 0.6) is 0 Å². The molecular formula is C16H21N3O. The molecule has 0 bridgehead atoms. The second-order valence-electron chi connectivity index (χ2n) is 5.54. The van der Waals surface area contributed by atoms with Gasteiger partial charge in [0.15, 0.2) is 0 Å². The molecule has 0 unspecified atom stereocenters. The number of rotatable bonds is 4. The van der Waals surface area contributed by atoms with Crippen LogP contribution < -0.4 is 10.2 Å². The van der Waals surface area contributed by atoms with Crippen molar-refractivity contribution >= 4 is 11.7 Å². The molecule has 1 N–H and O–H groups in total. The zero-order chi connectivity index (χ0) is 13.9. The van der Waals surface area contributed by atoms with Crippen LogP contribution in [0.25, 0.3) is 0 Å². The lowest BCUT2D eigenvalue weighted by molar-refractivity contribution is 0.540. The molecule has 0 saturated heterocycles. The van der Waals surface area contributed by atoms with Gasteiger partial charge in [0.2, 0.25) is 0 Å². The SMILES string of the molecule is CC(C)NCc1coc(N2CCCc3ccccc32)n1. The van der Waals surface area contributed by atoms with E-state index in [-0.39, 0.29) is 0 Å². The van der Waals surface area contributed by atoms with Crippen LogP contribution in [-0.2, 0) is 13.0 Å². The number of benzene rings is 1. The fourth-order valence-corrected chi connectivity index (χ4v) is 2.54. The van der Waals surface area contributed by atoms with E-state index in [9.17, 15) is 0 Å². The molecule has 1 aliphatic rings. The predicted molar refractivity (Wildman–Crippen MR) is 80.2 cm³/mol. The Kier molecular flexibility index (Phi) is 3.74. The highest BCUT2D eigenvalue weighted by Crippen LogP contribution is 2.32. The Hall–Kier alpha value is -1.81. The van der Waals surface area contributed by atoms with Gasteiger partial charge in [-0.3, -0.25) is 4.90 Å². The molecule has 0 atom stereocenters. The largest absolute Gasteiger partial charge is 0.431 e. The van der Waals surface area contributed by atoms with Gasteiger partial charge in [0.05, 0.1) is 5.69 Å². The molecule has 0 aliphatic carbocycles. The summed E-state index contributed by atoms with van der Waals surface area (Å²) in [5.74, 6) is 0. The maximum atomic E-state index is 5.67. The summed E-state index contributed by atoms with van der Waals surface area (Å²) in [6.07, 6.45) is 4.02. The molecular weight excluding hydrogens is 250 g/mol. The molecule has 20 heavy (non-hydrogen) atoms. The molecule has 4 nitrogen and oxygen atoms in total. The summed E-state index contributed by atoms with van der Waals surface area (Å²) in [5, 5.41) is 3.36. The fraction of sp³-hybridized carbons (Fsp3) is 0.438. The third-order valence-corrected chi connectivity index (χ3v) is 3.57. The van der Waals surface area contributed by atoms with Crippen LogP contribution in [0.2, 0.25) is 0 Å². The van der Waals surface area contributed by atoms with Crippen molar-refractivity contribution in [3.8, 4) is 0 Å². The summed E-state index contributed by atoms with van der Waals surface area (Å²) in [4.78, 5) is 6.78. The minimum atomic E-state index is 0.450. The van der Waals surface area contributed by atoms with Gasteiger partial charge in [-0.1, -0.05) is 32.0 Å². The van der Waals surface area contributed by atoms with Crippen LogP contribution in [-0.4, -0.2) is 17.6 Å². The second kappa shape index (κ2) is 5.67. The Labute approximate surface area is 119 Å². The maximum Gasteiger partial charge on any atom is 0.302 e. The van der Waals surface area contributed by atoms with E-state index >= 15 is 0 Å². The van der Waals surface area contributed by atoms with Crippen LogP contribution in [0.15, 0.2) is 34.9 Å². The average Bonchev–Trinajstić information content (AvgIpc) is 2.93. The minimum absolute atomic E-state index is 0.450. The van der Waals surface area contributed by atoms with Crippen LogP contribution in [0, 0.1) is 0 Å². The van der Waals surface area contributed by atoms with E-state index in [0.717, 1.165) is 31.6 Å². The van der Waals surface area contributed by atoms with Crippen LogP contribution >= 0.6 is 0 Å². The van der Waals surface area contributed by atoms with E-state index in [0.29, 0.717) is 12.1 Å². The third kappa shape index (κ3) is 2.70. The van der Waals surface area contributed by atoms with Crippen molar-refractivity contribution in [2.45, 2.75) is 39.3 Å². The average molecular weight is 271 g/mol. The van der Waals surface area contributed by atoms with Crippen molar-refractivity contribution in [3.63, 3.8) is 0 Å². The number of hydrogen-bond acceptors (Lipinski definition) is 4. The van der Waals surface area contributed by atoms with E-state index in [1.54, 1.807) is 6.26 Å². The molecule has 4 heteroatoms. The number of oxazole rings is 1. The number of nitrogens with one attached hydrogen (secondary N) is 1. The van der Waals surface area contributed by atoms with E-state index < -0.39 is 0 Å². The first-order chi connectivity index (χ1) is 9.74. The quantitative estimate of drug-likeness (QED) is 0.926. The van der Waals surface area contributed by atoms with Gasteiger partial charge in [0.1, 0.15) is 6.26 Å². The monoisotopic (exact) mass is 271 g/mol. The lowest BCUT2D eigenvalue weighted by atomic mass is 10.0. The molecule has 0 fully saturated rings. The number of aromatic nitrogens is 1. The standard InChI is InChI=1S/C16H21N3O/c1-12(2)17-10-14-11-20-16(18-14)19-9-5-7-13-6-3-4-8-15(13)19/h3-4,6,8,11-12,17H,5,7,9-10H2,1-2H3. The molecule has 0 radical (unpaired) electrons. The number of aryl methyl sites for hydroxylation is 1. The van der Waals surface area contributed by atoms with Gasteiger partial charge < -0.3 is 9.73 Å². The van der Waals surface area contributed by atoms with E-state index in [4.69, 9.17) is 4.42 Å². The smallest absolute Gasteiger partial charge is 0.302 e. The number of hydrogen-bond donors (Lipinski definition) is 1. The molecule has 0 amide bonds. The Morgan fingerprint density at radius 1 is 1.35 bits per heavy atom. The van der Waals surface area contributed by atoms with Crippen molar-refractivity contribution in [3.05, 3.63) is 41.8 Å². The van der Waals surface area contributed by atoms with Gasteiger partial charge >= 0.3 is 6.01 Å². The minimum Gasteiger partial charge on any atom is -0.431 e. The molecule has 0 spiro atoms. The van der Waals surface area contributed by atoms with Crippen molar-refractivity contribution < 1.29 is 4.42 Å². The highest BCUT2D eigenvalue weighted by atomic mass is 16.4. The Balaban J connectivity index is 1.80. The van der Waals surface area contributed by atoms with Crippen LogP contribution in [0.4, 0.5) is 11.7 Å². The first kappa shape index (κ1) is 13.2. The van der Waals surface area contributed by atoms with Gasteiger partial charge in [-0.25, -0.2) is 0 Å². The third-order valence-electron chi connectivity index (χ3n) is 3.57. The van der Waals surface area contributed by atoms with Gasteiger partial charge in [-0.15, -0.1) is 0 Å². The van der Waals surface area contributed by atoms with Crippen molar-refractivity contribution in [1.82, 2.24) is 10.3 Å². The zero-order valence-electron chi connectivity index (χ0n) is 12.1. The molecule has 2 heterocycles. The number of para-hydroxylation sites is 1. The lowest BCUT2D eigenvalue weighted by Crippen LogP contribution is -2.25. The Bertz CT molecular complexity index is 577. The van der Waals surface area contributed by atoms with Gasteiger partial charge in [0.25, 0.3) is 0 Å². The molecule has 2 aromatic rings. The lowest BCUT2D eigenvalue weighted by Gasteiger charge is -2.27. The molecule has 1 aromatic heterocycles. The summed E-state index contributed by atoms with van der Waals surface area (Å²) in [7, 11) is 0. The number of anilines is 2. The predicted octanol–water partition coefficient (Wildman–Crippen LogP) is 3.26. The summed E-state index contributed by atoms with van der Waals surface area (Å²) in [6, 6.07) is 9.65. The second-order valence-corrected chi connectivity index (χ2v) is 5.54. The Morgan fingerprint density at radius 2 is 2.20 bits per heavy atom. The molecule has 1 aromatic carbocycles. The summed E-state index contributed by atoms with van der Waals surface area (Å²) in [6.45, 7) is 5.97. The molecule has 106 valence electrons. The van der Waals surface area contributed by atoms with E-state index in [1.165, 1.54) is 11.3 Å². The summed E-state index contributed by atoms with van der Waals surface area (Å²) in [5.41, 5.74) is 3.56. The first-order valence-electron chi connectivity index (χ1n) is 7.27. The fourth-order valence-electron chi connectivity index (χ4n) is 2.54. The molecule has 0 saturated carbocycles. The zero-order valence-corrected chi connectivity index (χ0v) is 12.1. The van der Waals surface area contributed by atoms with E-state index in [1.807, 2.05) is 0 Å². The Morgan fingerprint density at radius 3 is 3.05 bits per heavy atom. The topological polar surface area (TPSA) is 41.3 Å². The van der Waals surface area contributed by atoms with Crippen molar-refractivity contribution in [2.24, 2.45) is 0 Å². The van der Waals surface area contributed by atoms with Gasteiger partial charge in [0, 0.05) is 24.8 Å². The highest BCUT2D eigenvalue weighted by molar-refractivity contribution is 5.62. The van der Waals surface area contributed by atoms with Crippen molar-refractivity contribution in [1.29, 1.82) is 0 Å². The normalized spacial score (nSPS) is 14.7. The molecule has 3 rings (SSSR count). The molecule has 1 aliphatic heterocycles. The van der Waals surface area contributed by atoms with Crippen LogP contribution in [0.1, 0.15) is 31.5 Å². The summed E-state index contributed by atoms with van der Waals surface area (Å²) >= 11 is 0. The maximum absolute atomic E-state index is 5.67. The summed E-state index contributed by atoms with van der Waals surface area (Å²) < 4.78 is 5.67. The van der Waals surface area contributed by atoms with Gasteiger partial charge in [-0.2, -0.15) is 4.98 Å². The van der Waals surface area contributed by atoms with Crippen molar-refractivity contribution in [2.75, 3.05) is 11.4 Å². The first-order valence-corrected chi connectivity index (χ1v) is 7.27. The van der Waals surface area contributed by atoms with Gasteiger partial charge in [-0.05, 0) is 24.5 Å². The highest BCUT2D eigenvalue weighted by Gasteiger charge is 2.21. The number of nitrogens with zero attached hydrogens (tertiary/aromatic N) is 2. The number of fused-ring (bicyclic) bond motifs is 1. The van der Waals surface area contributed by atoms with E-state index in [2.05, 4.69) is 53.3 Å². The van der Waals surface area contributed by atoms with Crippen LogP contribution in [0.3, 0.4) is 0 Å².